The Morgan fingerprint density at radius 1 is 1.14 bits per heavy atom. The lowest BCUT2D eigenvalue weighted by Gasteiger charge is -2.20. The molecule has 0 spiro atoms. The van der Waals surface area contributed by atoms with Gasteiger partial charge < -0.3 is 10.2 Å². The number of rotatable bonds is 4. The number of anilines is 2. The van der Waals surface area contributed by atoms with Crippen molar-refractivity contribution >= 4 is 34.7 Å². The first-order valence-electron chi connectivity index (χ1n) is 7.12. The van der Waals surface area contributed by atoms with Crippen molar-refractivity contribution in [2.24, 2.45) is 0 Å². The first-order chi connectivity index (χ1) is 10.2. The molecule has 0 atom stereocenters. The normalized spacial score (nSPS) is 14.5. The Balaban J connectivity index is 1.75. The molecule has 3 nitrogen and oxygen atoms in total. The smallest absolute Gasteiger partial charge is 0.151 e. The van der Waals surface area contributed by atoms with Crippen LogP contribution in [0, 0.1) is 0 Å². The zero-order valence-electron chi connectivity index (χ0n) is 11.6. The molecule has 2 heterocycles. The lowest BCUT2D eigenvalue weighted by Crippen LogP contribution is -2.20. The number of hydrogen-bond acceptors (Lipinski definition) is 3. The van der Waals surface area contributed by atoms with Gasteiger partial charge in [-0.2, -0.15) is 0 Å². The van der Waals surface area contributed by atoms with Crippen molar-refractivity contribution in [2.45, 2.75) is 19.4 Å². The van der Waals surface area contributed by atoms with Crippen LogP contribution in [0.15, 0.2) is 36.5 Å². The average Bonchev–Trinajstić information content (AvgIpc) is 3.01. The minimum Gasteiger partial charge on any atom is -0.378 e. The zero-order chi connectivity index (χ0) is 14.7. The van der Waals surface area contributed by atoms with Gasteiger partial charge in [0.2, 0.25) is 0 Å². The highest BCUT2D eigenvalue weighted by Crippen LogP contribution is 2.27. The topological polar surface area (TPSA) is 28.2 Å². The molecule has 0 radical (unpaired) electrons. The number of aromatic nitrogens is 1. The summed E-state index contributed by atoms with van der Waals surface area (Å²) in [5.74, 6) is 1.03. The molecule has 1 aromatic heterocycles. The fraction of sp³-hybridized carbons (Fsp3) is 0.312. The van der Waals surface area contributed by atoms with E-state index in [0.717, 1.165) is 30.2 Å². The number of hydrogen-bond donors (Lipinski definition) is 1. The number of pyridine rings is 1. The molecule has 0 aliphatic carbocycles. The molecule has 0 unspecified atom stereocenters. The molecule has 1 saturated heterocycles. The summed E-state index contributed by atoms with van der Waals surface area (Å²) in [6.45, 7) is 2.81. The molecule has 3 rings (SSSR count). The number of halogens is 2. The number of nitrogens with one attached hydrogen (secondary N) is 1. The van der Waals surface area contributed by atoms with E-state index in [0.29, 0.717) is 16.6 Å². The Morgan fingerprint density at radius 2 is 1.95 bits per heavy atom. The molecule has 2 aromatic rings. The summed E-state index contributed by atoms with van der Waals surface area (Å²) in [5, 5.41) is 4.77. The third kappa shape index (κ3) is 3.42. The summed E-state index contributed by atoms with van der Waals surface area (Å²) in [4.78, 5) is 6.84. The van der Waals surface area contributed by atoms with Crippen molar-refractivity contribution in [1.82, 2.24) is 4.98 Å². The molecule has 1 fully saturated rings. The van der Waals surface area contributed by atoms with E-state index < -0.39 is 0 Å². The van der Waals surface area contributed by atoms with Gasteiger partial charge in [0.05, 0.1) is 5.69 Å². The van der Waals surface area contributed by atoms with Gasteiger partial charge in [-0.15, -0.1) is 0 Å². The van der Waals surface area contributed by atoms with Crippen LogP contribution in [0.3, 0.4) is 0 Å². The van der Waals surface area contributed by atoms with Crippen LogP contribution in [0.4, 0.5) is 11.5 Å². The lowest BCUT2D eigenvalue weighted by molar-refractivity contribution is 0.935. The SMILES string of the molecule is Clc1ccc(CNc2cccnc2N2CCCC2)c(Cl)c1. The standard InChI is InChI=1S/C16H17Cl2N3/c17-13-6-5-12(14(18)10-13)11-20-15-4-3-7-19-16(15)21-8-1-2-9-21/h3-7,10,20H,1-2,8-9,11H2. The van der Waals surface area contributed by atoms with Gasteiger partial charge in [-0.05, 0) is 42.7 Å². The second-order valence-electron chi connectivity index (χ2n) is 5.16. The zero-order valence-corrected chi connectivity index (χ0v) is 13.2. The summed E-state index contributed by atoms with van der Waals surface area (Å²) in [6, 6.07) is 9.58. The highest BCUT2D eigenvalue weighted by molar-refractivity contribution is 6.35. The molecule has 0 saturated carbocycles. The number of benzene rings is 1. The van der Waals surface area contributed by atoms with Crippen molar-refractivity contribution < 1.29 is 0 Å². The summed E-state index contributed by atoms with van der Waals surface area (Å²) < 4.78 is 0. The molecular weight excluding hydrogens is 305 g/mol. The van der Waals surface area contributed by atoms with Crippen LogP contribution in [-0.4, -0.2) is 18.1 Å². The highest BCUT2D eigenvalue weighted by atomic mass is 35.5. The van der Waals surface area contributed by atoms with Crippen molar-refractivity contribution in [1.29, 1.82) is 0 Å². The fourth-order valence-corrected chi connectivity index (χ4v) is 3.05. The predicted octanol–water partition coefficient (Wildman–Crippen LogP) is 4.60. The van der Waals surface area contributed by atoms with Crippen LogP contribution < -0.4 is 10.2 Å². The second-order valence-corrected chi connectivity index (χ2v) is 6.00. The lowest BCUT2D eigenvalue weighted by atomic mass is 10.2. The molecule has 5 heteroatoms. The Labute approximate surface area is 134 Å². The van der Waals surface area contributed by atoms with Crippen molar-refractivity contribution in [3.05, 3.63) is 52.1 Å². The second kappa shape index (κ2) is 6.54. The van der Waals surface area contributed by atoms with Gasteiger partial charge >= 0.3 is 0 Å². The first kappa shape index (κ1) is 14.5. The van der Waals surface area contributed by atoms with Gasteiger partial charge in [-0.25, -0.2) is 4.98 Å². The van der Waals surface area contributed by atoms with Crippen LogP contribution in [0.25, 0.3) is 0 Å². The third-order valence-corrected chi connectivity index (χ3v) is 4.26. The molecule has 110 valence electrons. The van der Waals surface area contributed by atoms with E-state index in [9.17, 15) is 0 Å². The minimum absolute atomic E-state index is 0.655. The molecule has 0 amide bonds. The van der Waals surface area contributed by atoms with Gasteiger partial charge in [-0.3, -0.25) is 0 Å². The molecule has 1 aliphatic heterocycles. The van der Waals surface area contributed by atoms with Gasteiger partial charge in [0, 0.05) is 35.9 Å². The largest absolute Gasteiger partial charge is 0.378 e. The molecule has 1 aromatic carbocycles. The summed E-state index contributed by atoms with van der Waals surface area (Å²) in [5.41, 5.74) is 2.07. The van der Waals surface area contributed by atoms with Gasteiger partial charge in [0.1, 0.15) is 0 Å². The van der Waals surface area contributed by atoms with Gasteiger partial charge in [0.25, 0.3) is 0 Å². The Hall–Kier alpha value is -1.45. The molecule has 21 heavy (non-hydrogen) atoms. The Morgan fingerprint density at radius 3 is 2.71 bits per heavy atom. The first-order valence-corrected chi connectivity index (χ1v) is 7.87. The van der Waals surface area contributed by atoms with Gasteiger partial charge in [-0.1, -0.05) is 29.3 Å². The summed E-state index contributed by atoms with van der Waals surface area (Å²) in [6.07, 6.45) is 4.31. The number of nitrogens with zero attached hydrogens (tertiary/aromatic N) is 2. The van der Waals surface area contributed by atoms with Crippen molar-refractivity contribution in [3.8, 4) is 0 Å². The van der Waals surface area contributed by atoms with E-state index >= 15 is 0 Å². The van der Waals surface area contributed by atoms with Crippen LogP contribution in [0.1, 0.15) is 18.4 Å². The Kier molecular flexibility index (Phi) is 4.51. The van der Waals surface area contributed by atoms with Crippen molar-refractivity contribution in [2.75, 3.05) is 23.3 Å². The fourth-order valence-electron chi connectivity index (χ4n) is 2.57. The van der Waals surface area contributed by atoms with Crippen LogP contribution in [-0.2, 0) is 6.54 Å². The maximum Gasteiger partial charge on any atom is 0.151 e. The quantitative estimate of drug-likeness (QED) is 0.891. The molecule has 0 bridgehead atoms. The van der Waals surface area contributed by atoms with Crippen LogP contribution in [0.5, 0.6) is 0 Å². The van der Waals surface area contributed by atoms with Crippen LogP contribution >= 0.6 is 23.2 Å². The average molecular weight is 322 g/mol. The maximum atomic E-state index is 6.21. The van der Waals surface area contributed by atoms with Crippen LogP contribution in [0.2, 0.25) is 10.0 Å². The summed E-state index contributed by atoms with van der Waals surface area (Å²) >= 11 is 12.1. The minimum atomic E-state index is 0.655. The molecular formula is C16H17Cl2N3. The van der Waals surface area contributed by atoms with E-state index in [-0.39, 0.29) is 0 Å². The van der Waals surface area contributed by atoms with E-state index in [1.54, 1.807) is 6.07 Å². The summed E-state index contributed by atoms with van der Waals surface area (Å²) in [7, 11) is 0. The van der Waals surface area contributed by atoms with Crippen molar-refractivity contribution in [3.63, 3.8) is 0 Å². The molecule has 1 aliphatic rings. The third-order valence-electron chi connectivity index (χ3n) is 3.68. The van der Waals surface area contributed by atoms with E-state index in [2.05, 4.69) is 21.3 Å². The monoisotopic (exact) mass is 321 g/mol. The molecule has 1 N–H and O–H groups in total. The maximum absolute atomic E-state index is 6.21. The predicted molar refractivity (Wildman–Crippen MR) is 89.5 cm³/mol. The van der Waals surface area contributed by atoms with E-state index in [1.165, 1.54) is 12.8 Å². The van der Waals surface area contributed by atoms with E-state index in [4.69, 9.17) is 23.2 Å². The highest BCUT2D eigenvalue weighted by Gasteiger charge is 2.16. The van der Waals surface area contributed by atoms with E-state index in [1.807, 2.05) is 24.4 Å². The Bertz CT molecular complexity index is 625. The van der Waals surface area contributed by atoms with Gasteiger partial charge in [0.15, 0.2) is 5.82 Å².